The Labute approximate surface area is 93.0 Å². The molecule has 0 atom stereocenters. The second-order valence-electron chi connectivity index (χ2n) is 3.51. The molecule has 0 radical (unpaired) electrons. The monoisotopic (exact) mass is 206 g/mol. The van der Waals surface area contributed by atoms with Crippen LogP contribution in [0.3, 0.4) is 0 Å². The normalized spacial score (nSPS) is 10.2. The van der Waals surface area contributed by atoms with E-state index in [1.807, 2.05) is 24.4 Å². The van der Waals surface area contributed by atoms with Crippen molar-refractivity contribution >= 4 is 6.08 Å². The van der Waals surface area contributed by atoms with Crippen LogP contribution in [0.2, 0.25) is 0 Å². The molecule has 84 valence electrons. The van der Waals surface area contributed by atoms with Crippen molar-refractivity contribution in [3.63, 3.8) is 0 Å². The Balaban J connectivity index is 0.00000196. The molecule has 1 aromatic rings. The fourth-order valence-electron chi connectivity index (χ4n) is 1.37. The van der Waals surface area contributed by atoms with Crippen molar-refractivity contribution in [2.45, 2.75) is 39.0 Å². The third-order valence-electron chi connectivity index (χ3n) is 2.20. The molecule has 0 bridgehead atoms. The molecule has 3 N–H and O–H groups in total. The third kappa shape index (κ3) is 6.86. The molecular weight excluding hydrogens is 184 g/mol. The third-order valence-corrected chi connectivity index (χ3v) is 2.20. The summed E-state index contributed by atoms with van der Waals surface area (Å²) in [6, 6.07) is 5.99. The summed E-state index contributed by atoms with van der Waals surface area (Å²) in [6.07, 6.45) is 12.7. The maximum atomic E-state index is 4.23. The molecule has 0 saturated heterocycles. The standard InChI is InChI=1S/C13H19N.H3N/c1-2-3-4-5-6-7-10-13-11-8-9-12-14-13;/h7-12H,2-6H2,1H3;1H3. The Kier molecular flexibility index (Phi) is 8.69. The number of pyridine rings is 1. The summed E-state index contributed by atoms with van der Waals surface area (Å²) in [5.41, 5.74) is 1.06. The van der Waals surface area contributed by atoms with Gasteiger partial charge in [-0.3, -0.25) is 4.98 Å². The molecule has 2 nitrogen and oxygen atoms in total. The molecule has 0 saturated carbocycles. The van der Waals surface area contributed by atoms with Gasteiger partial charge in [-0.15, -0.1) is 0 Å². The van der Waals surface area contributed by atoms with Crippen molar-refractivity contribution in [2.24, 2.45) is 0 Å². The first-order chi connectivity index (χ1) is 6.93. The first-order valence-electron chi connectivity index (χ1n) is 5.51. The molecule has 0 aliphatic carbocycles. The number of rotatable bonds is 6. The quantitative estimate of drug-likeness (QED) is 0.708. The Morgan fingerprint density at radius 2 is 2.07 bits per heavy atom. The number of hydrogen-bond acceptors (Lipinski definition) is 2. The predicted molar refractivity (Wildman–Crippen MR) is 67.1 cm³/mol. The molecule has 1 aromatic heterocycles. The summed E-state index contributed by atoms with van der Waals surface area (Å²) in [7, 11) is 0. The van der Waals surface area contributed by atoms with Crippen molar-refractivity contribution in [1.29, 1.82) is 0 Å². The minimum absolute atomic E-state index is 0. The van der Waals surface area contributed by atoms with E-state index in [0.29, 0.717) is 0 Å². The zero-order valence-electron chi connectivity index (χ0n) is 9.65. The topological polar surface area (TPSA) is 47.9 Å². The first kappa shape index (κ1) is 13.8. The fraction of sp³-hybridized carbons (Fsp3) is 0.462. The maximum Gasteiger partial charge on any atom is 0.0626 e. The van der Waals surface area contributed by atoms with Gasteiger partial charge in [0.25, 0.3) is 0 Å². The number of unbranched alkanes of at least 4 members (excludes halogenated alkanes) is 4. The van der Waals surface area contributed by atoms with Gasteiger partial charge in [0.15, 0.2) is 0 Å². The van der Waals surface area contributed by atoms with Gasteiger partial charge in [-0.25, -0.2) is 0 Å². The maximum absolute atomic E-state index is 4.23. The van der Waals surface area contributed by atoms with Gasteiger partial charge < -0.3 is 6.15 Å². The molecule has 0 aliphatic heterocycles. The summed E-state index contributed by atoms with van der Waals surface area (Å²) in [4.78, 5) is 4.23. The summed E-state index contributed by atoms with van der Waals surface area (Å²) >= 11 is 0. The van der Waals surface area contributed by atoms with E-state index in [1.165, 1.54) is 32.1 Å². The number of hydrogen-bond donors (Lipinski definition) is 1. The highest BCUT2D eigenvalue weighted by Gasteiger charge is 1.86. The molecule has 0 fully saturated rings. The molecule has 1 rings (SSSR count). The van der Waals surface area contributed by atoms with Crippen LogP contribution in [-0.4, -0.2) is 4.98 Å². The van der Waals surface area contributed by atoms with Gasteiger partial charge in [0.05, 0.1) is 5.69 Å². The van der Waals surface area contributed by atoms with Crippen LogP contribution in [-0.2, 0) is 0 Å². The van der Waals surface area contributed by atoms with Crippen molar-refractivity contribution in [1.82, 2.24) is 11.1 Å². The zero-order chi connectivity index (χ0) is 10.1. The Bertz CT molecular complexity index is 254. The molecule has 15 heavy (non-hydrogen) atoms. The largest absolute Gasteiger partial charge is 0.344 e. The van der Waals surface area contributed by atoms with Crippen molar-refractivity contribution < 1.29 is 0 Å². The number of aromatic nitrogens is 1. The lowest BCUT2D eigenvalue weighted by atomic mass is 10.1. The number of nitrogens with zero attached hydrogens (tertiary/aromatic N) is 1. The van der Waals surface area contributed by atoms with Gasteiger partial charge in [-0.1, -0.05) is 38.3 Å². The van der Waals surface area contributed by atoms with Gasteiger partial charge in [0.2, 0.25) is 0 Å². The minimum Gasteiger partial charge on any atom is -0.344 e. The molecule has 2 heteroatoms. The summed E-state index contributed by atoms with van der Waals surface area (Å²) in [5.74, 6) is 0. The van der Waals surface area contributed by atoms with Crippen LogP contribution in [0, 0.1) is 0 Å². The molecular formula is C13H22N2. The van der Waals surface area contributed by atoms with Gasteiger partial charge in [-0.05, 0) is 31.1 Å². The average molecular weight is 206 g/mol. The Morgan fingerprint density at radius 1 is 1.20 bits per heavy atom. The van der Waals surface area contributed by atoms with Crippen molar-refractivity contribution in [3.05, 3.63) is 36.2 Å². The molecule has 0 unspecified atom stereocenters. The van der Waals surface area contributed by atoms with Gasteiger partial charge in [0, 0.05) is 6.20 Å². The van der Waals surface area contributed by atoms with E-state index < -0.39 is 0 Å². The van der Waals surface area contributed by atoms with Gasteiger partial charge in [-0.2, -0.15) is 0 Å². The average Bonchev–Trinajstić information content (AvgIpc) is 2.25. The van der Waals surface area contributed by atoms with E-state index in [4.69, 9.17) is 0 Å². The lowest BCUT2D eigenvalue weighted by Gasteiger charge is -1.94. The highest BCUT2D eigenvalue weighted by atomic mass is 14.6. The lowest BCUT2D eigenvalue weighted by Crippen LogP contribution is -1.77. The van der Waals surface area contributed by atoms with Crippen LogP contribution < -0.4 is 6.15 Å². The highest BCUT2D eigenvalue weighted by molar-refractivity contribution is 5.43. The molecule has 0 aliphatic rings. The summed E-state index contributed by atoms with van der Waals surface area (Å²) in [6.45, 7) is 2.24. The SMILES string of the molecule is CCCCCCC=Cc1ccccn1.N. The fourth-order valence-corrected chi connectivity index (χ4v) is 1.37. The second-order valence-corrected chi connectivity index (χ2v) is 3.51. The summed E-state index contributed by atoms with van der Waals surface area (Å²) in [5, 5.41) is 0. The van der Waals surface area contributed by atoms with Crippen LogP contribution in [0.4, 0.5) is 0 Å². The van der Waals surface area contributed by atoms with E-state index in [2.05, 4.69) is 24.1 Å². The second kappa shape index (κ2) is 9.41. The van der Waals surface area contributed by atoms with Crippen LogP contribution in [0.25, 0.3) is 6.08 Å². The van der Waals surface area contributed by atoms with Crippen LogP contribution >= 0.6 is 0 Å². The molecule has 0 amide bonds. The molecule has 0 aromatic carbocycles. The van der Waals surface area contributed by atoms with Crippen molar-refractivity contribution in [2.75, 3.05) is 0 Å². The summed E-state index contributed by atoms with van der Waals surface area (Å²) < 4.78 is 0. The van der Waals surface area contributed by atoms with E-state index in [1.54, 1.807) is 0 Å². The van der Waals surface area contributed by atoms with E-state index >= 15 is 0 Å². The molecule has 0 spiro atoms. The lowest BCUT2D eigenvalue weighted by molar-refractivity contribution is 0.675. The Morgan fingerprint density at radius 3 is 2.73 bits per heavy atom. The molecule has 1 heterocycles. The van der Waals surface area contributed by atoms with E-state index in [9.17, 15) is 0 Å². The Hall–Kier alpha value is -1.15. The highest BCUT2D eigenvalue weighted by Crippen LogP contribution is 2.04. The first-order valence-corrected chi connectivity index (χ1v) is 5.51. The van der Waals surface area contributed by atoms with E-state index in [0.717, 1.165) is 5.69 Å². The van der Waals surface area contributed by atoms with Crippen LogP contribution in [0.5, 0.6) is 0 Å². The smallest absolute Gasteiger partial charge is 0.0626 e. The zero-order valence-corrected chi connectivity index (χ0v) is 9.65. The van der Waals surface area contributed by atoms with Gasteiger partial charge in [0.1, 0.15) is 0 Å². The van der Waals surface area contributed by atoms with Gasteiger partial charge >= 0.3 is 0 Å². The van der Waals surface area contributed by atoms with E-state index in [-0.39, 0.29) is 6.15 Å². The predicted octanol–water partition coefficient (Wildman–Crippen LogP) is 4.23. The van der Waals surface area contributed by atoms with Crippen LogP contribution in [0.1, 0.15) is 44.7 Å². The van der Waals surface area contributed by atoms with Crippen LogP contribution in [0.15, 0.2) is 30.5 Å². The van der Waals surface area contributed by atoms with Crippen molar-refractivity contribution in [3.8, 4) is 0 Å². The number of allylic oxidation sites excluding steroid dienone is 1. The minimum atomic E-state index is 0.